The lowest BCUT2D eigenvalue weighted by atomic mass is 9.64. The van der Waals surface area contributed by atoms with Crippen molar-refractivity contribution in [3.63, 3.8) is 0 Å². The normalized spacial score (nSPS) is 13.8. The molecule has 1 saturated heterocycles. The summed E-state index contributed by atoms with van der Waals surface area (Å²) >= 11 is 0. The van der Waals surface area contributed by atoms with Crippen molar-refractivity contribution in [1.29, 1.82) is 0 Å². The molecule has 0 unspecified atom stereocenters. The molecular formula is C60H58B8N2O5. The maximum absolute atomic E-state index is 11.3. The fraction of sp³-hybridized carbons (Fsp3) is 0.133. The van der Waals surface area contributed by atoms with Crippen molar-refractivity contribution < 1.29 is 24.6 Å². The molecular weight excluding hydrogens is 915 g/mol. The highest BCUT2D eigenvalue weighted by Gasteiger charge is 2.52. The van der Waals surface area contributed by atoms with E-state index in [9.17, 15) is 15.3 Å². The Morgan fingerprint density at radius 2 is 0.720 bits per heavy atom. The molecule has 9 aromatic rings. The molecule has 7 aromatic carbocycles. The SMILES string of the molecule is Bc1c(B)c(B)c(-c2cnc(-c3ccc(-c4ccccc4-c4cc(B5OC(C)(C)C(C)(C)O5)cc(-c5ccccc5-c5ccc(-c6cc(C)c(-c7c(O)c(B)c(B)c(B)c7O)cn6)cc5)c4)cc3)cc2C)c(O)c1B. The summed E-state index contributed by atoms with van der Waals surface area (Å²) in [5.41, 5.74) is 23.5. The Balaban J connectivity index is 1.00. The first-order chi connectivity index (χ1) is 35.6. The van der Waals surface area contributed by atoms with Crippen molar-refractivity contribution in [1.82, 2.24) is 9.97 Å². The number of aryl methyl sites for hydroxylation is 2. The van der Waals surface area contributed by atoms with Crippen molar-refractivity contribution in [3.05, 3.63) is 151 Å². The molecule has 1 aliphatic heterocycles. The maximum Gasteiger partial charge on any atom is 0.494 e. The van der Waals surface area contributed by atoms with E-state index in [-0.39, 0.29) is 11.5 Å². The lowest BCUT2D eigenvalue weighted by Crippen LogP contribution is -2.48. The van der Waals surface area contributed by atoms with Gasteiger partial charge in [0.1, 0.15) is 72.2 Å². The molecule has 7 nitrogen and oxygen atoms in total. The van der Waals surface area contributed by atoms with E-state index in [1.54, 1.807) is 6.20 Å². The summed E-state index contributed by atoms with van der Waals surface area (Å²) in [6.07, 6.45) is 3.64. The van der Waals surface area contributed by atoms with E-state index in [0.717, 1.165) is 128 Å². The Kier molecular flexibility index (Phi) is 13.3. The quantitative estimate of drug-likeness (QED) is 0.189. The van der Waals surface area contributed by atoms with E-state index in [2.05, 4.69) is 179 Å². The smallest absolute Gasteiger partial charge is 0.494 e. The first-order valence-corrected chi connectivity index (χ1v) is 25.8. The molecule has 3 N–H and O–H groups in total. The van der Waals surface area contributed by atoms with E-state index in [4.69, 9.17) is 19.3 Å². The third-order valence-electron chi connectivity index (χ3n) is 16.7. The van der Waals surface area contributed by atoms with Crippen molar-refractivity contribution in [2.24, 2.45) is 0 Å². The van der Waals surface area contributed by atoms with Gasteiger partial charge in [-0.2, -0.15) is 0 Å². The predicted molar refractivity (Wildman–Crippen MR) is 333 cm³/mol. The number of hydrogen-bond donors (Lipinski definition) is 3. The first-order valence-electron chi connectivity index (χ1n) is 25.8. The van der Waals surface area contributed by atoms with Gasteiger partial charge in [-0.05, 0) is 121 Å². The van der Waals surface area contributed by atoms with Gasteiger partial charge in [-0.1, -0.05) is 142 Å². The van der Waals surface area contributed by atoms with Crippen LogP contribution >= 0.6 is 0 Å². The molecule has 3 heterocycles. The van der Waals surface area contributed by atoms with Gasteiger partial charge in [0.05, 0.1) is 28.2 Å². The highest BCUT2D eigenvalue weighted by molar-refractivity contribution is 6.65. The number of hydrogen-bond acceptors (Lipinski definition) is 7. The number of aromatic nitrogens is 2. The first kappa shape index (κ1) is 51.2. The number of nitrogens with zero attached hydrogens (tertiary/aromatic N) is 2. The standard InChI is InChI=1S/C60H58B8N2O5/c1-30-23-45(69-28-43(30)47-49(61)50(62)51(63)53(65)56(47)71)34-19-15-32(16-20-34)39-11-7-9-13-41(39)36-25-37(27-38(26-36)68-74-59(3,4)60(5,6)75-68)42-14-10-8-12-40(42)33-17-21-35(22-18-33)46-24-31(2)44(29-70-46)48-57(72)54(66)52(64)55(67)58(48)73/h7-29,71-73H,61-67H2,1-6H3. The highest BCUT2D eigenvalue weighted by atomic mass is 16.7. The molecule has 15 heteroatoms. The van der Waals surface area contributed by atoms with Crippen LogP contribution in [-0.4, -0.2) is 98.5 Å². The van der Waals surface area contributed by atoms with Gasteiger partial charge in [-0.3, -0.25) is 9.97 Å². The molecule has 75 heavy (non-hydrogen) atoms. The van der Waals surface area contributed by atoms with E-state index in [1.165, 1.54) is 5.46 Å². The minimum atomic E-state index is -0.588. The third kappa shape index (κ3) is 9.04. The zero-order chi connectivity index (χ0) is 53.4. The summed E-state index contributed by atoms with van der Waals surface area (Å²) in [6, 6.07) is 45.0. The van der Waals surface area contributed by atoms with Gasteiger partial charge in [0.15, 0.2) is 0 Å². The molecule has 0 radical (unpaired) electrons. The molecule has 10 rings (SSSR count). The minimum absolute atomic E-state index is 0.0776. The van der Waals surface area contributed by atoms with Gasteiger partial charge < -0.3 is 24.6 Å². The topological polar surface area (TPSA) is 105 Å². The van der Waals surface area contributed by atoms with Crippen LogP contribution in [0, 0.1) is 13.8 Å². The van der Waals surface area contributed by atoms with Gasteiger partial charge in [0.25, 0.3) is 0 Å². The average Bonchev–Trinajstić information content (AvgIpc) is 3.64. The Labute approximate surface area is 448 Å². The van der Waals surface area contributed by atoms with Crippen LogP contribution in [0.4, 0.5) is 0 Å². The fourth-order valence-corrected chi connectivity index (χ4v) is 10.6. The summed E-state index contributed by atoms with van der Waals surface area (Å²) in [5.74, 6) is 0.478. The summed E-state index contributed by atoms with van der Waals surface area (Å²) in [4.78, 5) is 9.79. The summed E-state index contributed by atoms with van der Waals surface area (Å²) in [6.45, 7) is 12.4. The molecule has 2 aromatic heterocycles. The third-order valence-corrected chi connectivity index (χ3v) is 16.7. The molecule has 0 saturated carbocycles. The number of phenolic OH excluding ortho intramolecular Hbond substituents is 3. The average molecular weight is 974 g/mol. The van der Waals surface area contributed by atoms with E-state index >= 15 is 0 Å². The van der Waals surface area contributed by atoms with Crippen molar-refractivity contribution in [2.75, 3.05) is 0 Å². The van der Waals surface area contributed by atoms with Gasteiger partial charge in [-0.15, -0.1) is 5.46 Å². The minimum Gasteiger partial charge on any atom is -0.508 e. The van der Waals surface area contributed by atoms with Crippen LogP contribution in [0.5, 0.6) is 17.2 Å². The summed E-state index contributed by atoms with van der Waals surface area (Å²) in [5, 5.41) is 33.6. The second kappa shape index (κ2) is 19.4. The monoisotopic (exact) mass is 975 g/mol. The van der Waals surface area contributed by atoms with Crippen LogP contribution in [0.15, 0.2) is 140 Å². The maximum atomic E-state index is 11.3. The van der Waals surface area contributed by atoms with Crippen LogP contribution < -0.4 is 43.7 Å². The van der Waals surface area contributed by atoms with E-state index in [1.807, 2.05) is 50.6 Å². The number of aromatic hydroxyl groups is 3. The van der Waals surface area contributed by atoms with Crippen LogP contribution in [0.25, 0.3) is 89.3 Å². The second-order valence-electron chi connectivity index (χ2n) is 21.6. The summed E-state index contributed by atoms with van der Waals surface area (Å²) < 4.78 is 13.5. The highest BCUT2D eigenvalue weighted by Crippen LogP contribution is 2.42. The molecule has 1 aliphatic rings. The Hall–Kier alpha value is -7.32. The number of rotatable bonds is 9. The molecule has 0 atom stereocenters. The van der Waals surface area contributed by atoms with Crippen LogP contribution in [0.1, 0.15) is 38.8 Å². The van der Waals surface area contributed by atoms with Crippen molar-refractivity contribution in [2.45, 2.75) is 52.7 Å². The number of benzene rings is 7. The van der Waals surface area contributed by atoms with Gasteiger partial charge in [0.2, 0.25) is 0 Å². The Morgan fingerprint density at radius 3 is 1.12 bits per heavy atom. The van der Waals surface area contributed by atoms with Crippen molar-refractivity contribution >= 4 is 106 Å². The lowest BCUT2D eigenvalue weighted by molar-refractivity contribution is 0.00578. The Bertz CT molecular complexity index is 3470. The number of pyridine rings is 2. The molecule has 0 aliphatic carbocycles. The zero-order valence-electron chi connectivity index (χ0n) is 45.4. The Morgan fingerprint density at radius 1 is 0.387 bits per heavy atom. The molecule has 0 bridgehead atoms. The van der Waals surface area contributed by atoms with Gasteiger partial charge >= 0.3 is 7.12 Å². The molecule has 1 fully saturated rings. The lowest BCUT2D eigenvalue weighted by Gasteiger charge is -2.32. The van der Waals surface area contributed by atoms with Crippen LogP contribution in [-0.2, 0) is 9.31 Å². The molecule has 0 amide bonds. The van der Waals surface area contributed by atoms with E-state index in [0.29, 0.717) is 16.9 Å². The van der Waals surface area contributed by atoms with E-state index < -0.39 is 18.3 Å². The van der Waals surface area contributed by atoms with Crippen LogP contribution in [0.3, 0.4) is 0 Å². The summed E-state index contributed by atoms with van der Waals surface area (Å²) in [7, 11) is 13.3. The fourth-order valence-electron chi connectivity index (χ4n) is 10.6. The second-order valence-corrected chi connectivity index (χ2v) is 21.6. The molecule has 0 spiro atoms. The largest absolute Gasteiger partial charge is 0.508 e. The zero-order valence-corrected chi connectivity index (χ0v) is 45.4. The molecule has 362 valence electrons. The predicted octanol–water partition coefficient (Wildman–Crippen LogP) is 1.65. The number of phenols is 3. The van der Waals surface area contributed by atoms with Crippen molar-refractivity contribution in [3.8, 4) is 107 Å². The van der Waals surface area contributed by atoms with Gasteiger partial charge in [0, 0.05) is 40.2 Å². The van der Waals surface area contributed by atoms with Gasteiger partial charge in [-0.25, -0.2) is 0 Å². The van der Waals surface area contributed by atoms with Crippen LogP contribution in [0.2, 0.25) is 0 Å².